The Morgan fingerprint density at radius 1 is 0.900 bits per heavy atom. The lowest BCUT2D eigenvalue weighted by molar-refractivity contribution is -0.00787. The van der Waals surface area contributed by atoms with E-state index in [1.807, 2.05) is 0 Å². The largest absolute Gasteiger partial charge is 0.329 e. The Bertz CT molecular complexity index is 309. The predicted molar refractivity (Wildman–Crippen MR) is 85.8 cm³/mol. The van der Waals surface area contributed by atoms with Gasteiger partial charge >= 0.3 is 0 Å². The first-order chi connectivity index (χ1) is 9.70. The van der Waals surface area contributed by atoms with Gasteiger partial charge in [-0.25, -0.2) is 0 Å². The zero-order valence-corrected chi connectivity index (χ0v) is 13.5. The summed E-state index contributed by atoms with van der Waals surface area (Å²) in [5.74, 6) is 0. The molecule has 2 nitrogen and oxygen atoms in total. The topological polar surface area (TPSA) is 29.3 Å². The van der Waals surface area contributed by atoms with Crippen molar-refractivity contribution in [2.75, 3.05) is 13.1 Å². The van der Waals surface area contributed by atoms with Crippen LogP contribution in [0.15, 0.2) is 0 Å². The van der Waals surface area contributed by atoms with E-state index in [4.69, 9.17) is 5.73 Å². The molecule has 3 fully saturated rings. The smallest absolute Gasteiger partial charge is 0.0334 e. The van der Waals surface area contributed by atoms with Gasteiger partial charge < -0.3 is 5.73 Å². The van der Waals surface area contributed by atoms with E-state index in [1.54, 1.807) is 0 Å². The van der Waals surface area contributed by atoms with Gasteiger partial charge in [0, 0.05) is 18.1 Å². The maximum absolute atomic E-state index is 6.33. The molecule has 0 radical (unpaired) electrons. The summed E-state index contributed by atoms with van der Waals surface area (Å²) in [6, 6.07) is 0.749. The first kappa shape index (κ1) is 14.8. The van der Waals surface area contributed by atoms with Gasteiger partial charge in [0.1, 0.15) is 0 Å². The Morgan fingerprint density at radius 2 is 1.60 bits per heavy atom. The Morgan fingerprint density at radius 3 is 2.25 bits per heavy atom. The van der Waals surface area contributed by atoms with Crippen LogP contribution in [0.1, 0.15) is 84.0 Å². The van der Waals surface area contributed by atoms with Crippen LogP contribution in [0.4, 0.5) is 0 Å². The van der Waals surface area contributed by atoms with E-state index in [1.165, 1.54) is 83.6 Å². The molecule has 1 heterocycles. The van der Waals surface area contributed by atoms with Gasteiger partial charge in [0.15, 0.2) is 0 Å². The Kier molecular flexibility index (Phi) is 4.42. The van der Waals surface area contributed by atoms with Crippen molar-refractivity contribution in [2.45, 2.75) is 95.6 Å². The zero-order valence-electron chi connectivity index (χ0n) is 13.5. The summed E-state index contributed by atoms with van der Waals surface area (Å²) in [4.78, 5) is 2.84. The van der Waals surface area contributed by atoms with Gasteiger partial charge in [-0.3, -0.25) is 4.90 Å². The van der Waals surface area contributed by atoms with Gasteiger partial charge in [0.05, 0.1) is 0 Å². The quantitative estimate of drug-likeness (QED) is 0.824. The first-order valence-electron chi connectivity index (χ1n) is 9.17. The Labute approximate surface area is 125 Å². The monoisotopic (exact) mass is 278 g/mol. The fourth-order valence-electron chi connectivity index (χ4n) is 5.46. The summed E-state index contributed by atoms with van der Waals surface area (Å²) in [5.41, 5.74) is 7.40. The molecule has 2 saturated carbocycles. The second-order valence-electron chi connectivity index (χ2n) is 8.03. The lowest BCUT2D eigenvalue weighted by Crippen LogP contribution is -2.59. The molecular formula is C18H34N2. The first-order valence-corrected chi connectivity index (χ1v) is 9.17. The SMILES string of the molecule is CC1CCCCCN1C1(CN)CCC2(CCCC2)CC1. The van der Waals surface area contributed by atoms with Crippen LogP contribution in [0.5, 0.6) is 0 Å². The standard InChI is InChI=1S/C18H34N2/c1-16-7-3-2-6-14-20(16)18(15-19)12-10-17(11-13-18)8-4-5-9-17/h16H,2-15,19H2,1H3. The van der Waals surface area contributed by atoms with Crippen LogP contribution in [0.25, 0.3) is 0 Å². The Hall–Kier alpha value is -0.0800. The number of nitrogens with two attached hydrogens (primary N) is 1. The highest BCUT2D eigenvalue weighted by Crippen LogP contribution is 2.52. The minimum absolute atomic E-state index is 0.345. The third kappa shape index (κ3) is 2.66. The molecule has 20 heavy (non-hydrogen) atoms. The molecule has 3 rings (SSSR count). The van der Waals surface area contributed by atoms with Crippen LogP contribution in [0.3, 0.4) is 0 Å². The maximum Gasteiger partial charge on any atom is 0.0334 e. The summed E-state index contributed by atoms with van der Waals surface area (Å²) in [7, 11) is 0. The molecule has 116 valence electrons. The zero-order chi connectivity index (χ0) is 14.1. The molecule has 0 bridgehead atoms. The van der Waals surface area contributed by atoms with E-state index in [0.717, 1.165) is 18.0 Å². The third-order valence-electron chi connectivity index (χ3n) is 6.95. The summed E-state index contributed by atoms with van der Waals surface area (Å²) in [5, 5.41) is 0. The highest BCUT2D eigenvalue weighted by Gasteiger charge is 2.46. The normalized spacial score (nSPS) is 34.2. The summed E-state index contributed by atoms with van der Waals surface area (Å²) in [6.45, 7) is 4.63. The van der Waals surface area contributed by atoms with Crippen molar-refractivity contribution in [3.63, 3.8) is 0 Å². The molecule has 0 aromatic carbocycles. The number of nitrogens with zero attached hydrogens (tertiary/aromatic N) is 1. The van der Waals surface area contributed by atoms with Crippen molar-refractivity contribution in [1.29, 1.82) is 0 Å². The molecule has 0 aromatic heterocycles. The highest BCUT2D eigenvalue weighted by atomic mass is 15.2. The minimum Gasteiger partial charge on any atom is -0.329 e. The van der Waals surface area contributed by atoms with E-state index in [0.29, 0.717) is 5.54 Å². The van der Waals surface area contributed by atoms with Crippen LogP contribution in [0, 0.1) is 5.41 Å². The van der Waals surface area contributed by atoms with Gasteiger partial charge in [0.25, 0.3) is 0 Å². The molecule has 1 aliphatic heterocycles. The number of hydrogen-bond donors (Lipinski definition) is 1. The molecule has 2 aliphatic carbocycles. The average molecular weight is 278 g/mol. The molecule has 2 N–H and O–H groups in total. The van der Waals surface area contributed by atoms with Crippen molar-refractivity contribution in [2.24, 2.45) is 11.1 Å². The van der Waals surface area contributed by atoms with Crippen LogP contribution < -0.4 is 5.73 Å². The van der Waals surface area contributed by atoms with Gasteiger partial charge in [-0.15, -0.1) is 0 Å². The van der Waals surface area contributed by atoms with E-state index < -0.39 is 0 Å². The fourth-order valence-corrected chi connectivity index (χ4v) is 5.46. The molecule has 1 saturated heterocycles. The fraction of sp³-hybridized carbons (Fsp3) is 1.00. The predicted octanol–water partition coefficient (Wildman–Crippen LogP) is 4.08. The van der Waals surface area contributed by atoms with Crippen LogP contribution in [-0.2, 0) is 0 Å². The maximum atomic E-state index is 6.33. The van der Waals surface area contributed by atoms with Gasteiger partial charge in [-0.05, 0) is 70.3 Å². The lowest BCUT2D eigenvalue weighted by atomic mass is 9.65. The van der Waals surface area contributed by atoms with Crippen LogP contribution in [-0.4, -0.2) is 29.6 Å². The molecule has 1 unspecified atom stereocenters. The second kappa shape index (κ2) is 5.96. The van der Waals surface area contributed by atoms with Crippen molar-refractivity contribution in [1.82, 2.24) is 4.90 Å². The lowest BCUT2D eigenvalue weighted by Gasteiger charge is -2.52. The highest BCUT2D eigenvalue weighted by molar-refractivity contribution is 5.02. The number of hydrogen-bond acceptors (Lipinski definition) is 2. The molecule has 0 amide bonds. The van der Waals surface area contributed by atoms with Gasteiger partial charge in [0.2, 0.25) is 0 Å². The van der Waals surface area contributed by atoms with Gasteiger partial charge in [-0.2, -0.15) is 0 Å². The van der Waals surface area contributed by atoms with Crippen molar-refractivity contribution in [3.05, 3.63) is 0 Å². The van der Waals surface area contributed by atoms with E-state index in [9.17, 15) is 0 Å². The van der Waals surface area contributed by atoms with Crippen molar-refractivity contribution < 1.29 is 0 Å². The van der Waals surface area contributed by atoms with E-state index in [-0.39, 0.29) is 0 Å². The molecule has 0 aromatic rings. The van der Waals surface area contributed by atoms with Crippen molar-refractivity contribution in [3.8, 4) is 0 Å². The van der Waals surface area contributed by atoms with Crippen LogP contribution >= 0.6 is 0 Å². The molecule has 2 heteroatoms. The van der Waals surface area contributed by atoms with Gasteiger partial charge in [-0.1, -0.05) is 25.7 Å². The average Bonchev–Trinajstić information content (AvgIpc) is 2.82. The summed E-state index contributed by atoms with van der Waals surface area (Å²) >= 11 is 0. The summed E-state index contributed by atoms with van der Waals surface area (Å²) < 4.78 is 0. The van der Waals surface area contributed by atoms with E-state index in [2.05, 4.69) is 11.8 Å². The van der Waals surface area contributed by atoms with E-state index >= 15 is 0 Å². The molecule has 3 aliphatic rings. The summed E-state index contributed by atoms with van der Waals surface area (Å²) in [6.07, 6.45) is 17.2. The number of likely N-dealkylation sites (tertiary alicyclic amines) is 1. The molecule has 1 spiro atoms. The van der Waals surface area contributed by atoms with Crippen molar-refractivity contribution >= 4 is 0 Å². The van der Waals surface area contributed by atoms with Crippen LogP contribution in [0.2, 0.25) is 0 Å². The Balaban J connectivity index is 1.71. The minimum atomic E-state index is 0.345. The molecular weight excluding hydrogens is 244 g/mol. The third-order valence-corrected chi connectivity index (χ3v) is 6.95. The second-order valence-corrected chi connectivity index (χ2v) is 8.03. The molecule has 1 atom stereocenters. The number of rotatable bonds is 2.